The van der Waals surface area contributed by atoms with Crippen LogP contribution in [0.15, 0.2) is 28.0 Å². The molecular weight excluding hydrogens is 358 g/mol. The quantitative estimate of drug-likeness (QED) is 0.623. The zero-order valence-corrected chi connectivity index (χ0v) is 16.6. The lowest BCUT2D eigenvalue weighted by molar-refractivity contribution is -0.128. The number of thiophene rings is 1. The van der Waals surface area contributed by atoms with Crippen molar-refractivity contribution in [2.45, 2.75) is 37.8 Å². The SMILES string of the molecule is CC(C)(C)C(=O)NCCc1ccc(S(=O)(=O)NCC2=CCNCC2)s1. The molecule has 0 spiro atoms. The first-order valence-electron chi connectivity index (χ1n) is 8.44. The van der Waals surface area contributed by atoms with Gasteiger partial charge in [-0.25, -0.2) is 13.1 Å². The van der Waals surface area contributed by atoms with E-state index in [2.05, 4.69) is 15.4 Å². The van der Waals surface area contributed by atoms with Gasteiger partial charge in [-0.3, -0.25) is 4.79 Å². The van der Waals surface area contributed by atoms with Gasteiger partial charge in [-0.1, -0.05) is 32.4 Å². The Labute approximate surface area is 154 Å². The van der Waals surface area contributed by atoms with Crippen molar-refractivity contribution in [3.63, 3.8) is 0 Å². The van der Waals surface area contributed by atoms with Crippen LogP contribution in [0.2, 0.25) is 0 Å². The summed E-state index contributed by atoms with van der Waals surface area (Å²) in [5.74, 6) is -0.00573. The van der Waals surface area contributed by atoms with E-state index in [4.69, 9.17) is 0 Å². The van der Waals surface area contributed by atoms with Gasteiger partial charge in [0.2, 0.25) is 15.9 Å². The highest BCUT2D eigenvalue weighted by molar-refractivity contribution is 7.91. The van der Waals surface area contributed by atoms with E-state index in [1.54, 1.807) is 6.07 Å². The fourth-order valence-electron chi connectivity index (χ4n) is 2.29. The maximum Gasteiger partial charge on any atom is 0.250 e. The highest BCUT2D eigenvalue weighted by atomic mass is 32.2. The predicted octanol–water partition coefficient (Wildman–Crippen LogP) is 1.65. The second kappa shape index (κ2) is 8.44. The number of nitrogens with one attached hydrogen (secondary N) is 3. The Hall–Kier alpha value is -1.22. The van der Waals surface area contributed by atoms with Gasteiger partial charge < -0.3 is 10.6 Å². The molecule has 0 unspecified atom stereocenters. The summed E-state index contributed by atoms with van der Waals surface area (Å²) in [5, 5.41) is 6.08. The summed E-state index contributed by atoms with van der Waals surface area (Å²) in [6.45, 7) is 8.13. The first kappa shape index (κ1) is 20.1. The normalized spacial score (nSPS) is 15.7. The lowest BCUT2D eigenvalue weighted by atomic mass is 9.96. The third-order valence-corrected chi connectivity index (χ3v) is 6.93. The van der Waals surface area contributed by atoms with E-state index in [0.29, 0.717) is 23.7 Å². The van der Waals surface area contributed by atoms with Crippen molar-refractivity contribution in [1.29, 1.82) is 0 Å². The Kier molecular flexibility index (Phi) is 6.79. The molecule has 2 rings (SSSR count). The number of carbonyl (C=O) groups is 1. The van der Waals surface area contributed by atoms with Crippen LogP contribution in [0.25, 0.3) is 0 Å². The molecule has 0 radical (unpaired) electrons. The van der Waals surface area contributed by atoms with E-state index >= 15 is 0 Å². The number of sulfonamides is 1. The Morgan fingerprint density at radius 3 is 2.72 bits per heavy atom. The zero-order valence-electron chi connectivity index (χ0n) is 15.0. The molecule has 1 aromatic rings. The summed E-state index contributed by atoms with van der Waals surface area (Å²) < 4.78 is 27.8. The molecule has 0 fully saturated rings. The summed E-state index contributed by atoms with van der Waals surface area (Å²) in [4.78, 5) is 12.8. The van der Waals surface area contributed by atoms with E-state index in [-0.39, 0.29) is 5.91 Å². The van der Waals surface area contributed by atoms with Crippen LogP contribution in [0.1, 0.15) is 32.1 Å². The second-order valence-corrected chi connectivity index (χ2v) is 10.3. The van der Waals surface area contributed by atoms with E-state index in [0.717, 1.165) is 30.0 Å². The average Bonchev–Trinajstić information content (AvgIpc) is 3.03. The number of hydrogen-bond acceptors (Lipinski definition) is 5. The molecule has 1 amide bonds. The van der Waals surface area contributed by atoms with Gasteiger partial charge in [-0.05, 0) is 31.5 Å². The number of carbonyl (C=O) groups excluding carboxylic acids is 1. The second-order valence-electron chi connectivity index (χ2n) is 7.12. The van der Waals surface area contributed by atoms with E-state index in [9.17, 15) is 13.2 Å². The molecule has 1 aliphatic heterocycles. The molecule has 0 saturated carbocycles. The molecule has 0 aromatic carbocycles. The summed E-state index contributed by atoms with van der Waals surface area (Å²) in [5.41, 5.74) is 0.695. The molecule has 0 atom stereocenters. The fourth-order valence-corrected chi connectivity index (χ4v) is 4.73. The lowest BCUT2D eigenvalue weighted by Crippen LogP contribution is -2.35. The highest BCUT2D eigenvalue weighted by Gasteiger charge is 2.21. The number of hydrogen-bond donors (Lipinski definition) is 3. The Balaban J connectivity index is 1.86. The maximum absolute atomic E-state index is 12.4. The molecule has 0 saturated heterocycles. The van der Waals surface area contributed by atoms with Crippen LogP contribution in [0.4, 0.5) is 0 Å². The highest BCUT2D eigenvalue weighted by Crippen LogP contribution is 2.22. The summed E-state index contributed by atoms with van der Waals surface area (Å²) in [6, 6.07) is 3.44. The van der Waals surface area contributed by atoms with Gasteiger partial charge in [0.15, 0.2) is 0 Å². The maximum atomic E-state index is 12.4. The smallest absolute Gasteiger partial charge is 0.250 e. The number of rotatable bonds is 7. The summed E-state index contributed by atoms with van der Waals surface area (Å²) >= 11 is 1.25. The van der Waals surface area contributed by atoms with Gasteiger partial charge in [-0.2, -0.15) is 0 Å². The monoisotopic (exact) mass is 385 g/mol. The van der Waals surface area contributed by atoms with Gasteiger partial charge in [0.1, 0.15) is 4.21 Å². The third-order valence-electron chi connectivity index (χ3n) is 3.89. The fraction of sp³-hybridized carbons (Fsp3) is 0.588. The van der Waals surface area contributed by atoms with Crippen LogP contribution in [0, 0.1) is 5.41 Å². The topological polar surface area (TPSA) is 87.3 Å². The minimum Gasteiger partial charge on any atom is -0.355 e. The third kappa shape index (κ3) is 6.22. The zero-order chi connectivity index (χ0) is 18.5. The van der Waals surface area contributed by atoms with E-state index in [1.165, 1.54) is 11.3 Å². The van der Waals surface area contributed by atoms with Gasteiger partial charge in [-0.15, -0.1) is 11.3 Å². The predicted molar refractivity (Wildman–Crippen MR) is 101 cm³/mol. The molecule has 1 aliphatic rings. The van der Waals surface area contributed by atoms with E-state index < -0.39 is 15.4 Å². The Morgan fingerprint density at radius 2 is 2.08 bits per heavy atom. The first-order chi connectivity index (χ1) is 11.7. The molecule has 0 bridgehead atoms. The molecule has 1 aromatic heterocycles. The van der Waals surface area contributed by atoms with E-state index in [1.807, 2.05) is 32.9 Å². The van der Waals surface area contributed by atoms with Crippen molar-refractivity contribution in [3.05, 3.63) is 28.7 Å². The van der Waals surface area contributed by atoms with Crippen molar-refractivity contribution in [2.24, 2.45) is 5.41 Å². The molecule has 140 valence electrons. The largest absolute Gasteiger partial charge is 0.355 e. The molecular formula is C17H27N3O3S2. The lowest BCUT2D eigenvalue weighted by Gasteiger charge is -2.17. The summed E-state index contributed by atoms with van der Waals surface area (Å²) in [6.07, 6.45) is 3.52. The van der Waals surface area contributed by atoms with Gasteiger partial charge in [0.25, 0.3) is 0 Å². The van der Waals surface area contributed by atoms with Crippen molar-refractivity contribution in [2.75, 3.05) is 26.2 Å². The van der Waals surface area contributed by atoms with Crippen LogP contribution >= 0.6 is 11.3 Å². The molecule has 25 heavy (non-hydrogen) atoms. The van der Waals surface area contributed by atoms with Crippen molar-refractivity contribution >= 4 is 27.3 Å². The van der Waals surface area contributed by atoms with Crippen molar-refractivity contribution in [3.8, 4) is 0 Å². The van der Waals surface area contributed by atoms with Crippen LogP contribution in [-0.4, -0.2) is 40.5 Å². The summed E-state index contributed by atoms with van der Waals surface area (Å²) in [7, 11) is -3.48. The Bertz CT molecular complexity index is 731. The van der Waals surface area contributed by atoms with Crippen LogP contribution in [-0.2, 0) is 21.2 Å². The van der Waals surface area contributed by atoms with Gasteiger partial charge >= 0.3 is 0 Å². The van der Waals surface area contributed by atoms with Crippen LogP contribution in [0.3, 0.4) is 0 Å². The molecule has 8 heteroatoms. The van der Waals surface area contributed by atoms with Crippen LogP contribution < -0.4 is 15.4 Å². The molecule has 6 nitrogen and oxygen atoms in total. The number of amides is 1. The van der Waals surface area contributed by atoms with Gasteiger partial charge in [0, 0.05) is 29.9 Å². The van der Waals surface area contributed by atoms with Crippen molar-refractivity contribution < 1.29 is 13.2 Å². The van der Waals surface area contributed by atoms with Gasteiger partial charge in [0.05, 0.1) is 0 Å². The Morgan fingerprint density at radius 1 is 1.32 bits per heavy atom. The minimum absolute atomic E-state index is 0.00573. The standard InChI is InChI=1S/C17H27N3O3S2/c1-17(2,3)16(21)19-11-8-14-4-5-15(24-14)25(22,23)20-12-13-6-9-18-10-7-13/h4-6,18,20H,7-12H2,1-3H3,(H,19,21). The average molecular weight is 386 g/mol. The molecule has 0 aliphatic carbocycles. The van der Waals surface area contributed by atoms with Crippen molar-refractivity contribution in [1.82, 2.24) is 15.4 Å². The molecule has 2 heterocycles. The van der Waals surface area contributed by atoms with Crippen LogP contribution in [0.5, 0.6) is 0 Å². The molecule has 3 N–H and O–H groups in total. The first-order valence-corrected chi connectivity index (χ1v) is 10.7. The minimum atomic E-state index is -3.48.